The molecule has 0 aromatic heterocycles. The van der Waals surface area contributed by atoms with Crippen molar-refractivity contribution in [3.63, 3.8) is 0 Å². The molecule has 0 saturated carbocycles. The first kappa shape index (κ1) is 21.2. The summed E-state index contributed by atoms with van der Waals surface area (Å²) in [7, 11) is 1.50. The summed E-state index contributed by atoms with van der Waals surface area (Å²) in [6.45, 7) is 8.44. The fourth-order valence-corrected chi connectivity index (χ4v) is 1.62. The van der Waals surface area contributed by atoms with Gasteiger partial charge in [0.1, 0.15) is 0 Å². The highest BCUT2D eigenvalue weighted by atomic mass is 16.1. The fraction of sp³-hybridized carbons (Fsp3) is 0.611. The summed E-state index contributed by atoms with van der Waals surface area (Å²) < 4.78 is 0. The Morgan fingerprint density at radius 1 is 1.10 bits per heavy atom. The van der Waals surface area contributed by atoms with E-state index < -0.39 is 0 Å². The largest absolute Gasteiger partial charge is 0.333 e. The quantitative estimate of drug-likeness (QED) is 0.583. The van der Waals surface area contributed by atoms with Gasteiger partial charge in [-0.05, 0) is 19.9 Å². The van der Waals surface area contributed by atoms with E-state index in [0.29, 0.717) is 0 Å². The van der Waals surface area contributed by atoms with Crippen molar-refractivity contribution in [2.24, 2.45) is 11.7 Å². The SMILES string of the molecule is CC(=O)c1ccccc1.CCCCCC(C)CC.CN. The van der Waals surface area contributed by atoms with Gasteiger partial charge in [0.2, 0.25) is 0 Å². The predicted octanol–water partition coefficient (Wildman–Crippen LogP) is 5.08. The van der Waals surface area contributed by atoms with Crippen molar-refractivity contribution in [1.29, 1.82) is 0 Å². The number of unbranched alkanes of at least 4 members (excludes halogenated alkanes) is 2. The van der Waals surface area contributed by atoms with Crippen molar-refractivity contribution in [2.75, 3.05) is 7.05 Å². The van der Waals surface area contributed by atoms with Gasteiger partial charge < -0.3 is 5.73 Å². The molecule has 0 aliphatic heterocycles. The van der Waals surface area contributed by atoms with E-state index in [0.717, 1.165) is 11.5 Å². The lowest BCUT2D eigenvalue weighted by Crippen LogP contribution is -1.90. The number of benzene rings is 1. The van der Waals surface area contributed by atoms with Crippen LogP contribution >= 0.6 is 0 Å². The average molecular weight is 279 g/mol. The number of carbonyl (C=O) groups excluding carboxylic acids is 1. The minimum atomic E-state index is 0.121. The van der Waals surface area contributed by atoms with E-state index in [1.165, 1.54) is 39.2 Å². The van der Waals surface area contributed by atoms with Crippen LogP contribution < -0.4 is 5.73 Å². The van der Waals surface area contributed by atoms with Crippen LogP contribution in [0, 0.1) is 5.92 Å². The first-order valence-electron chi connectivity index (χ1n) is 7.75. The van der Waals surface area contributed by atoms with Crippen LogP contribution in [0.1, 0.15) is 70.2 Å². The number of hydrogen-bond acceptors (Lipinski definition) is 2. The zero-order valence-electron chi connectivity index (χ0n) is 14.0. The molecule has 116 valence electrons. The van der Waals surface area contributed by atoms with Crippen LogP contribution in [0.25, 0.3) is 0 Å². The van der Waals surface area contributed by atoms with Crippen LogP contribution in [-0.2, 0) is 0 Å². The molecule has 2 nitrogen and oxygen atoms in total. The maximum Gasteiger partial charge on any atom is 0.159 e. The summed E-state index contributed by atoms with van der Waals surface area (Å²) in [6.07, 6.45) is 7.00. The highest BCUT2D eigenvalue weighted by Crippen LogP contribution is 2.11. The Balaban J connectivity index is 0. The second-order valence-corrected chi connectivity index (χ2v) is 4.93. The molecular formula is C18H33NO. The summed E-state index contributed by atoms with van der Waals surface area (Å²) in [5.41, 5.74) is 5.28. The van der Waals surface area contributed by atoms with Crippen LogP contribution in [0.15, 0.2) is 30.3 Å². The van der Waals surface area contributed by atoms with Crippen LogP contribution in [0.5, 0.6) is 0 Å². The zero-order valence-corrected chi connectivity index (χ0v) is 14.0. The van der Waals surface area contributed by atoms with Gasteiger partial charge in [0.15, 0.2) is 5.78 Å². The van der Waals surface area contributed by atoms with Crippen LogP contribution in [0.2, 0.25) is 0 Å². The summed E-state index contributed by atoms with van der Waals surface area (Å²) in [5.74, 6) is 1.08. The van der Waals surface area contributed by atoms with Gasteiger partial charge in [0.25, 0.3) is 0 Å². The van der Waals surface area contributed by atoms with E-state index in [1.54, 1.807) is 6.92 Å². The molecule has 0 aliphatic rings. The third kappa shape index (κ3) is 13.3. The number of ketones is 1. The summed E-state index contributed by atoms with van der Waals surface area (Å²) in [4.78, 5) is 10.6. The summed E-state index contributed by atoms with van der Waals surface area (Å²) in [6, 6.07) is 9.23. The molecule has 1 aromatic rings. The van der Waals surface area contributed by atoms with Crippen molar-refractivity contribution in [3.05, 3.63) is 35.9 Å². The number of rotatable bonds is 6. The van der Waals surface area contributed by atoms with Crippen LogP contribution in [-0.4, -0.2) is 12.8 Å². The number of carbonyl (C=O) groups is 1. The van der Waals surface area contributed by atoms with Crippen molar-refractivity contribution in [1.82, 2.24) is 0 Å². The molecule has 1 rings (SSSR count). The number of nitrogens with two attached hydrogens (primary N) is 1. The van der Waals surface area contributed by atoms with Gasteiger partial charge in [-0.25, -0.2) is 0 Å². The van der Waals surface area contributed by atoms with E-state index in [4.69, 9.17) is 0 Å². The molecule has 1 atom stereocenters. The zero-order chi connectivity index (χ0) is 15.8. The Morgan fingerprint density at radius 2 is 1.65 bits per heavy atom. The van der Waals surface area contributed by atoms with E-state index >= 15 is 0 Å². The van der Waals surface area contributed by atoms with Gasteiger partial charge in [-0.15, -0.1) is 0 Å². The topological polar surface area (TPSA) is 43.1 Å². The second kappa shape index (κ2) is 15.9. The Morgan fingerprint density at radius 3 is 2.00 bits per heavy atom. The van der Waals surface area contributed by atoms with Crippen molar-refractivity contribution < 1.29 is 4.79 Å². The minimum Gasteiger partial charge on any atom is -0.333 e. The molecule has 0 radical (unpaired) electrons. The maximum absolute atomic E-state index is 10.6. The molecule has 0 heterocycles. The van der Waals surface area contributed by atoms with Gasteiger partial charge in [0.05, 0.1) is 0 Å². The first-order valence-corrected chi connectivity index (χ1v) is 7.75. The highest BCUT2D eigenvalue weighted by molar-refractivity contribution is 5.93. The Kier molecular flexibility index (Phi) is 16.8. The minimum absolute atomic E-state index is 0.121. The van der Waals surface area contributed by atoms with Gasteiger partial charge in [-0.2, -0.15) is 0 Å². The normalized spacial score (nSPS) is 10.5. The molecule has 1 aromatic carbocycles. The Labute approximate surface area is 125 Å². The summed E-state index contributed by atoms with van der Waals surface area (Å²) in [5, 5.41) is 0. The molecule has 0 fully saturated rings. The summed E-state index contributed by atoms with van der Waals surface area (Å²) >= 11 is 0. The lowest BCUT2D eigenvalue weighted by Gasteiger charge is -2.05. The number of hydrogen-bond donors (Lipinski definition) is 1. The molecule has 0 saturated heterocycles. The Hall–Kier alpha value is -1.15. The van der Waals surface area contributed by atoms with E-state index in [2.05, 4.69) is 26.5 Å². The molecule has 0 amide bonds. The van der Waals surface area contributed by atoms with Gasteiger partial charge in [0, 0.05) is 5.56 Å². The van der Waals surface area contributed by atoms with Gasteiger partial charge in [-0.3, -0.25) is 4.79 Å². The second-order valence-electron chi connectivity index (χ2n) is 4.93. The van der Waals surface area contributed by atoms with Gasteiger partial charge in [-0.1, -0.05) is 83.2 Å². The van der Waals surface area contributed by atoms with Crippen LogP contribution in [0.3, 0.4) is 0 Å². The van der Waals surface area contributed by atoms with Gasteiger partial charge >= 0.3 is 0 Å². The van der Waals surface area contributed by atoms with Crippen molar-refractivity contribution >= 4 is 5.78 Å². The van der Waals surface area contributed by atoms with Crippen molar-refractivity contribution in [2.45, 2.75) is 59.8 Å². The molecule has 0 aliphatic carbocycles. The fourth-order valence-electron chi connectivity index (χ4n) is 1.62. The molecule has 2 heteroatoms. The monoisotopic (exact) mass is 279 g/mol. The highest BCUT2D eigenvalue weighted by Gasteiger charge is 1.95. The smallest absolute Gasteiger partial charge is 0.159 e. The standard InChI is InChI=1S/C9H20.C8H8O.CH5N/c1-4-6-7-8-9(3)5-2;1-7(9)8-5-3-2-4-6-8;1-2/h9H,4-8H2,1-3H3;2-6H,1H3;2H2,1H3. The third-order valence-corrected chi connectivity index (χ3v) is 3.18. The van der Waals surface area contributed by atoms with E-state index in [-0.39, 0.29) is 5.78 Å². The molecule has 20 heavy (non-hydrogen) atoms. The Bertz CT molecular complexity index is 308. The predicted molar refractivity (Wildman–Crippen MR) is 90.2 cm³/mol. The lowest BCUT2D eigenvalue weighted by atomic mass is 10.0. The average Bonchev–Trinajstić information content (AvgIpc) is 2.51. The first-order chi connectivity index (χ1) is 9.61. The van der Waals surface area contributed by atoms with E-state index in [9.17, 15) is 4.79 Å². The molecule has 1 unspecified atom stereocenters. The third-order valence-electron chi connectivity index (χ3n) is 3.18. The molecule has 0 spiro atoms. The molecule has 0 bridgehead atoms. The van der Waals surface area contributed by atoms with Crippen molar-refractivity contribution in [3.8, 4) is 0 Å². The molecule has 2 N–H and O–H groups in total. The lowest BCUT2D eigenvalue weighted by molar-refractivity contribution is 0.101. The van der Waals surface area contributed by atoms with Crippen LogP contribution in [0.4, 0.5) is 0 Å². The molecular weight excluding hydrogens is 246 g/mol. The maximum atomic E-state index is 10.6. The van der Waals surface area contributed by atoms with E-state index in [1.807, 2.05) is 30.3 Å². The number of Topliss-reactive ketones (excluding diaryl/α,β-unsaturated/α-hetero) is 1.